The Hall–Kier alpha value is -2.50. The van der Waals surface area contributed by atoms with Gasteiger partial charge in [0, 0.05) is 6.54 Å². The minimum atomic E-state index is -0.878. The predicted octanol–water partition coefficient (Wildman–Crippen LogP) is 1.89. The fourth-order valence-electron chi connectivity index (χ4n) is 4.00. The Morgan fingerprint density at radius 3 is 2.44 bits per heavy atom. The lowest BCUT2D eigenvalue weighted by Crippen LogP contribution is -2.40. The van der Waals surface area contributed by atoms with Crippen molar-refractivity contribution < 1.29 is 24.2 Å². The third kappa shape index (κ3) is 3.34. The first kappa shape index (κ1) is 17.3. The van der Waals surface area contributed by atoms with Crippen LogP contribution in [0.4, 0.5) is 0 Å². The molecule has 6 heteroatoms. The van der Waals surface area contributed by atoms with Crippen molar-refractivity contribution >= 4 is 11.9 Å². The number of amides is 1. The second-order valence-corrected chi connectivity index (χ2v) is 6.57. The molecule has 1 saturated carbocycles. The number of hydrogen-bond donors (Lipinski definition) is 2. The summed E-state index contributed by atoms with van der Waals surface area (Å²) < 4.78 is 10.5. The van der Waals surface area contributed by atoms with Gasteiger partial charge < -0.3 is 19.9 Å². The molecule has 0 heterocycles. The molecule has 0 spiro atoms. The maximum Gasteiger partial charge on any atom is 0.307 e. The van der Waals surface area contributed by atoms with Crippen LogP contribution >= 0.6 is 0 Å². The standard InChI is InChI=1S/C19H23NO5/c1-24-14-6-3-11(9-15(14)25-2)7-8-20-18(21)16-12-4-5-13(10-12)17(16)19(22)23/h3-6,9,12-13,16-17H,7-8,10H2,1-2H3,(H,20,21)(H,22,23)/t12-,13+,16-,17+/m1/s1. The molecule has 0 aromatic heterocycles. The van der Waals surface area contributed by atoms with Gasteiger partial charge in [-0.15, -0.1) is 0 Å². The minimum absolute atomic E-state index is 0.0101. The molecule has 4 atom stereocenters. The molecule has 25 heavy (non-hydrogen) atoms. The zero-order valence-electron chi connectivity index (χ0n) is 14.4. The number of aliphatic carboxylic acids is 1. The molecule has 6 nitrogen and oxygen atoms in total. The van der Waals surface area contributed by atoms with Gasteiger partial charge in [0.25, 0.3) is 0 Å². The fourth-order valence-corrected chi connectivity index (χ4v) is 4.00. The van der Waals surface area contributed by atoms with E-state index in [9.17, 15) is 14.7 Å². The first-order valence-electron chi connectivity index (χ1n) is 8.45. The molecule has 134 valence electrons. The third-order valence-corrected chi connectivity index (χ3v) is 5.21. The molecule has 3 rings (SSSR count). The normalized spacial score (nSPS) is 26.5. The lowest BCUT2D eigenvalue weighted by atomic mass is 9.82. The van der Waals surface area contributed by atoms with Gasteiger partial charge in [-0.1, -0.05) is 18.2 Å². The number of allylic oxidation sites excluding steroid dienone is 2. The quantitative estimate of drug-likeness (QED) is 0.737. The Morgan fingerprint density at radius 2 is 1.80 bits per heavy atom. The van der Waals surface area contributed by atoms with E-state index in [0.717, 1.165) is 12.0 Å². The third-order valence-electron chi connectivity index (χ3n) is 5.21. The molecule has 0 unspecified atom stereocenters. The molecule has 1 aromatic rings. The number of benzene rings is 1. The van der Waals surface area contributed by atoms with Gasteiger partial charge in [0.05, 0.1) is 26.1 Å². The zero-order valence-corrected chi connectivity index (χ0v) is 14.4. The molecule has 1 amide bonds. The summed E-state index contributed by atoms with van der Waals surface area (Å²) >= 11 is 0. The number of nitrogens with one attached hydrogen (secondary N) is 1. The van der Waals surface area contributed by atoms with E-state index in [1.165, 1.54) is 0 Å². The Balaban J connectivity index is 1.58. The van der Waals surface area contributed by atoms with Crippen molar-refractivity contribution in [3.8, 4) is 11.5 Å². The van der Waals surface area contributed by atoms with Crippen molar-refractivity contribution in [2.45, 2.75) is 12.8 Å². The molecule has 1 aromatic carbocycles. The molecule has 0 aliphatic heterocycles. The van der Waals surface area contributed by atoms with Crippen molar-refractivity contribution in [1.29, 1.82) is 0 Å². The van der Waals surface area contributed by atoms with E-state index in [4.69, 9.17) is 9.47 Å². The number of carboxylic acid groups (broad SMARTS) is 1. The Labute approximate surface area is 146 Å². The molecule has 0 radical (unpaired) electrons. The summed E-state index contributed by atoms with van der Waals surface area (Å²) in [5.74, 6) is -0.754. The number of carbonyl (C=O) groups is 2. The lowest BCUT2D eigenvalue weighted by molar-refractivity contribution is -0.147. The summed E-state index contributed by atoms with van der Waals surface area (Å²) in [6, 6.07) is 5.64. The maximum atomic E-state index is 12.5. The first-order chi connectivity index (χ1) is 12.0. The van der Waals surface area contributed by atoms with Crippen molar-refractivity contribution in [2.75, 3.05) is 20.8 Å². The summed E-state index contributed by atoms with van der Waals surface area (Å²) in [6.45, 7) is 0.457. The van der Waals surface area contributed by atoms with E-state index in [2.05, 4.69) is 5.32 Å². The average molecular weight is 345 g/mol. The highest BCUT2D eigenvalue weighted by Crippen LogP contribution is 2.48. The zero-order chi connectivity index (χ0) is 18.0. The fraction of sp³-hybridized carbons (Fsp3) is 0.474. The van der Waals surface area contributed by atoms with Crippen molar-refractivity contribution in [1.82, 2.24) is 5.32 Å². The van der Waals surface area contributed by atoms with Crippen molar-refractivity contribution in [3.63, 3.8) is 0 Å². The van der Waals surface area contributed by atoms with Gasteiger partial charge in [-0.05, 0) is 42.4 Å². The Kier molecular flexibility index (Phi) is 4.97. The number of rotatable bonds is 7. The summed E-state index contributed by atoms with van der Waals surface area (Å²) in [5.41, 5.74) is 1.01. The lowest BCUT2D eigenvalue weighted by Gasteiger charge is -2.23. The molecular formula is C19H23NO5. The van der Waals surface area contributed by atoms with Crippen LogP contribution in [0.5, 0.6) is 11.5 Å². The van der Waals surface area contributed by atoms with Gasteiger partial charge in [0.2, 0.25) is 5.91 Å². The van der Waals surface area contributed by atoms with Gasteiger partial charge in [0.15, 0.2) is 11.5 Å². The number of carboxylic acids is 1. The average Bonchev–Trinajstić information content (AvgIpc) is 3.22. The highest BCUT2D eigenvalue weighted by molar-refractivity contribution is 5.86. The van der Waals surface area contributed by atoms with Crippen LogP contribution in [-0.4, -0.2) is 37.7 Å². The summed E-state index contributed by atoms with van der Waals surface area (Å²) in [5, 5.41) is 12.3. The van der Waals surface area contributed by atoms with Crippen molar-refractivity contribution in [2.24, 2.45) is 23.7 Å². The number of hydrogen-bond acceptors (Lipinski definition) is 4. The largest absolute Gasteiger partial charge is 0.493 e. The monoisotopic (exact) mass is 345 g/mol. The molecule has 2 aliphatic rings. The van der Waals surface area contributed by atoms with Crippen LogP contribution in [0.2, 0.25) is 0 Å². The molecule has 2 bridgehead atoms. The maximum absolute atomic E-state index is 12.5. The number of carbonyl (C=O) groups excluding carboxylic acids is 1. The molecule has 2 aliphatic carbocycles. The highest BCUT2D eigenvalue weighted by Gasteiger charge is 2.51. The van der Waals surface area contributed by atoms with Gasteiger partial charge in [0.1, 0.15) is 0 Å². The molecule has 2 N–H and O–H groups in total. The smallest absolute Gasteiger partial charge is 0.307 e. The van der Waals surface area contributed by atoms with E-state index in [0.29, 0.717) is 24.5 Å². The first-order valence-corrected chi connectivity index (χ1v) is 8.45. The molecular weight excluding hydrogens is 322 g/mol. The molecule has 0 saturated heterocycles. The second kappa shape index (κ2) is 7.17. The second-order valence-electron chi connectivity index (χ2n) is 6.57. The number of methoxy groups -OCH3 is 2. The van der Waals surface area contributed by atoms with E-state index < -0.39 is 17.8 Å². The van der Waals surface area contributed by atoms with Gasteiger partial charge >= 0.3 is 5.97 Å². The van der Waals surface area contributed by atoms with Crippen LogP contribution < -0.4 is 14.8 Å². The predicted molar refractivity (Wildman–Crippen MR) is 91.6 cm³/mol. The van der Waals surface area contributed by atoms with Crippen LogP contribution in [0, 0.1) is 23.7 Å². The Bertz CT molecular complexity index is 699. The number of fused-ring (bicyclic) bond motifs is 2. The van der Waals surface area contributed by atoms with Gasteiger partial charge in [-0.2, -0.15) is 0 Å². The molecule has 1 fully saturated rings. The Morgan fingerprint density at radius 1 is 1.12 bits per heavy atom. The van der Waals surface area contributed by atoms with Crippen LogP contribution in [0.25, 0.3) is 0 Å². The topological polar surface area (TPSA) is 84.9 Å². The number of ether oxygens (including phenoxy) is 2. The van der Waals surface area contributed by atoms with E-state index in [-0.39, 0.29) is 17.7 Å². The van der Waals surface area contributed by atoms with E-state index >= 15 is 0 Å². The SMILES string of the molecule is COc1ccc(CCNC(=O)[C@H]2[C@@H](C(=O)O)[C@H]3C=C[C@@H]2C3)cc1OC. The van der Waals surface area contributed by atoms with Crippen LogP contribution in [0.3, 0.4) is 0 Å². The minimum Gasteiger partial charge on any atom is -0.493 e. The van der Waals surface area contributed by atoms with Crippen LogP contribution in [0.15, 0.2) is 30.4 Å². The van der Waals surface area contributed by atoms with E-state index in [1.54, 1.807) is 14.2 Å². The van der Waals surface area contributed by atoms with E-state index in [1.807, 2.05) is 30.4 Å². The van der Waals surface area contributed by atoms with Crippen LogP contribution in [0.1, 0.15) is 12.0 Å². The van der Waals surface area contributed by atoms with Gasteiger partial charge in [-0.3, -0.25) is 9.59 Å². The van der Waals surface area contributed by atoms with Crippen molar-refractivity contribution in [3.05, 3.63) is 35.9 Å². The highest BCUT2D eigenvalue weighted by atomic mass is 16.5. The summed E-state index contributed by atoms with van der Waals surface area (Å²) in [7, 11) is 3.17. The summed E-state index contributed by atoms with van der Waals surface area (Å²) in [4.78, 5) is 24.0. The summed E-state index contributed by atoms with van der Waals surface area (Å²) in [6.07, 6.45) is 5.34. The van der Waals surface area contributed by atoms with Crippen LogP contribution in [-0.2, 0) is 16.0 Å². The van der Waals surface area contributed by atoms with Gasteiger partial charge in [-0.25, -0.2) is 0 Å².